The number of carboxylic acids is 1. The molecule has 0 radical (unpaired) electrons. The van der Waals surface area contributed by atoms with Crippen molar-refractivity contribution in [2.75, 3.05) is 33.4 Å². The second-order valence-electron chi connectivity index (χ2n) is 5.22. The van der Waals surface area contributed by atoms with E-state index in [2.05, 4.69) is 7.05 Å². The fraction of sp³-hybridized carbons (Fsp3) is 0.500. The first-order valence-corrected chi connectivity index (χ1v) is 6.28. The number of quaternary nitrogens is 1. The van der Waals surface area contributed by atoms with E-state index in [1.165, 1.54) is 5.56 Å². The van der Waals surface area contributed by atoms with Gasteiger partial charge in [0.25, 0.3) is 0 Å². The molecule has 0 aliphatic carbocycles. The number of hydrogen-bond donors (Lipinski definition) is 1. The van der Waals surface area contributed by atoms with Gasteiger partial charge in [-0.25, -0.2) is 0 Å². The summed E-state index contributed by atoms with van der Waals surface area (Å²) >= 11 is 0. The number of hydrogen-bond acceptors (Lipinski definition) is 2. The topological polar surface area (TPSA) is 46.5 Å². The van der Waals surface area contributed by atoms with Gasteiger partial charge >= 0.3 is 5.97 Å². The normalized spacial score (nSPS) is 18.5. The van der Waals surface area contributed by atoms with Crippen molar-refractivity contribution in [3.05, 3.63) is 35.4 Å². The highest BCUT2D eigenvalue weighted by atomic mass is 16.5. The number of aliphatic carboxylic acids is 1. The summed E-state index contributed by atoms with van der Waals surface area (Å²) in [7, 11) is 2.24. The quantitative estimate of drug-likeness (QED) is 0.819. The van der Waals surface area contributed by atoms with Gasteiger partial charge in [-0.2, -0.15) is 0 Å². The summed E-state index contributed by atoms with van der Waals surface area (Å²) in [4.78, 5) is 10.6. The summed E-state index contributed by atoms with van der Waals surface area (Å²) in [6.45, 7) is 4.71. The average Bonchev–Trinajstić information content (AvgIpc) is 2.31. The van der Waals surface area contributed by atoms with E-state index in [9.17, 15) is 4.79 Å². The van der Waals surface area contributed by atoms with E-state index in [1.807, 2.05) is 24.3 Å². The molecule has 0 bridgehead atoms. The first-order chi connectivity index (χ1) is 8.57. The van der Waals surface area contributed by atoms with Crippen LogP contribution in [0.2, 0.25) is 0 Å². The second kappa shape index (κ2) is 5.50. The lowest BCUT2D eigenvalue weighted by molar-refractivity contribution is -0.929. The molecule has 0 unspecified atom stereocenters. The third-order valence-corrected chi connectivity index (χ3v) is 3.49. The van der Waals surface area contributed by atoms with E-state index >= 15 is 0 Å². The summed E-state index contributed by atoms with van der Waals surface area (Å²) in [5, 5.41) is 8.72. The zero-order chi connectivity index (χ0) is 13.0. The number of morpholine rings is 1. The predicted octanol–water partition coefficient (Wildman–Crippen LogP) is 1.29. The molecule has 1 N–H and O–H groups in total. The van der Waals surface area contributed by atoms with Crippen molar-refractivity contribution < 1.29 is 19.1 Å². The Morgan fingerprint density at radius 2 is 1.78 bits per heavy atom. The molecule has 2 rings (SSSR count). The number of carboxylic acid groups (broad SMARTS) is 1. The lowest BCUT2D eigenvalue weighted by Crippen LogP contribution is -2.51. The van der Waals surface area contributed by atoms with Crippen molar-refractivity contribution in [1.82, 2.24) is 0 Å². The molecular formula is C14H20NO3+. The molecule has 1 aromatic carbocycles. The average molecular weight is 250 g/mol. The number of carbonyl (C=O) groups is 1. The maximum Gasteiger partial charge on any atom is 0.307 e. The van der Waals surface area contributed by atoms with Crippen LogP contribution in [0.4, 0.5) is 0 Å². The van der Waals surface area contributed by atoms with Crippen LogP contribution < -0.4 is 0 Å². The molecule has 98 valence electrons. The van der Waals surface area contributed by atoms with E-state index in [0.717, 1.165) is 42.9 Å². The minimum Gasteiger partial charge on any atom is -0.481 e. The van der Waals surface area contributed by atoms with Crippen LogP contribution in [-0.2, 0) is 22.5 Å². The van der Waals surface area contributed by atoms with Gasteiger partial charge in [-0.3, -0.25) is 4.79 Å². The monoisotopic (exact) mass is 250 g/mol. The summed E-state index contributed by atoms with van der Waals surface area (Å²) < 4.78 is 6.38. The number of likely N-dealkylation sites (N-methyl/N-ethyl adjacent to an activating group) is 1. The van der Waals surface area contributed by atoms with Crippen LogP contribution in [0.5, 0.6) is 0 Å². The van der Waals surface area contributed by atoms with Crippen molar-refractivity contribution in [1.29, 1.82) is 0 Å². The first kappa shape index (κ1) is 13.1. The zero-order valence-electron chi connectivity index (χ0n) is 10.8. The fourth-order valence-electron chi connectivity index (χ4n) is 2.32. The van der Waals surface area contributed by atoms with Gasteiger partial charge in [0, 0.05) is 5.56 Å². The van der Waals surface area contributed by atoms with E-state index in [4.69, 9.17) is 9.84 Å². The van der Waals surface area contributed by atoms with Gasteiger partial charge in [-0.15, -0.1) is 0 Å². The maximum atomic E-state index is 10.6. The summed E-state index contributed by atoms with van der Waals surface area (Å²) in [6.07, 6.45) is 0.0975. The number of nitrogens with zero attached hydrogens (tertiary/aromatic N) is 1. The fourth-order valence-corrected chi connectivity index (χ4v) is 2.32. The van der Waals surface area contributed by atoms with Crippen LogP contribution in [0.1, 0.15) is 11.1 Å². The Labute approximate surface area is 107 Å². The van der Waals surface area contributed by atoms with Crippen LogP contribution in [0.15, 0.2) is 24.3 Å². The summed E-state index contributed by atoms with van der Waals surface area (Å²) in [5.41, 5.74) is 2.12. The third-order valence-electron chi connectivity index (χ3n) is 3.49. The van der Waals surface area contributed by atoms with Gasteiger partial charge < -0.3 is 14.3 Å². The van der Waals surface area contributed by atoms with Gasteiger partial charge in [0.05, 0.1) is 26.7 Å². The van der Waals surface area contributed by atoms with Crippen LogP contribution in [-0.4, -0.2) is 48.9 Å². The highest BCUT2D eigenvalue weighted by molar-refractivity contribution is 5.70. The Morgan fingerprint density at radius 3 is 2.33 bits per heavy atom. The van der Waals surface area contributed by atoms with Gasteiger partial charge in [0.2, 0.25) is 0 Å². The van der Waals surface area contributed by atoms with Crippen LogP contribution in [0, 0.1) is 0 Å². The van der Waals surface area contributed by atoms with Gasteiger partial charge in [0.15, 0.2) is 0 Å². The lowest BCUT2D eigenvalue weighted by Gasteiger charge is -2.37. The highest BCUT2D eigenvalue weighted by Gasteiger charge is 2.25. The van der Waals surface area contributed by atoms with Crippen LogP contribution in [0.3, 0.4) is 0 Å². The first-order valence-electron chi connectivity index (χ1n) is 6.28. The summed E-state index contributed by atoms with van der Waals surface area (Å²) in [6, 6.07) is 7.90. The molecule has 1 aromatic rings. The van der Waals surface area contributed by atoms with E-state index in [-0.39, 0.29) is 6.42 Å². The van der Waals surface area contributed by atoms with Crippen LogP contribution >= 0.6 is 0 Å². The lowest BCUT2D eigenvalue weighted by atomic mass is 10.1. The minimum atomic E-state index is -0.782. The Bertz CT molecular complexity index is 408. The highest BCUT2D eigenvalue weighted by Crippen LogP contribution is 2.15. The molecular weight excluding hydrogens is 230 g/mol. The molecule has 0 atom stereocenters. The molecule has 18 heavy (non-hydrogen) atoms. The molecule has 4 heteroatoms. The van der Waals surface area contributed by atoms with E-state index < -0.39 is 5.97 Å². The molecule has 0 spiro atoms. The van der Waals surface area contributed by atoms with Crippen molar-refractivity contribution in [3.8, 4) is 0 Å². The van der Waals surface area contributed by atoms with Crippen molar-refractivity contribution in [2.24, 2.45) is 0 Å². The van der Waals surface area contributed by atoms with Gasteiger partial charge in [-0.1, -0.05) is 24.3 Å². The minimum absolute atomic E-state index is 0.0975. The van der Waals surface area contributed by atoms with Crippen molar-refractivity contribution in [3.63, 3.8) is 0 Å². The Balaban J connectivity index is 1.99. The molecule has 4 nitrogen and oxygen atoms in total. The smallest absolute Gasteiger partial charge is 0.307 e. The molecule has 1 heterocycles. The largest absolute Gasteiger partial charge is 0.481 e. The Hall–Kier alpha value is -1.39. The number of ether oxygens (including phenoxy) is 1. The van der Waals surface area contributed by atoms with Crippen LogP contribution in [0.25, 0.3) is 0 Å². The standard InChI is InChI=1S/C14H19NO3/c1-15(6-8-18-9-7-15)11-13-4-2-12(3-5-13)10-14(16)17/h2-5H,6-11H2,1H3/p+1. The van der Waals surface area contributed by atoms with Crippen molar-refractivity contribution >= 4 is 5.97 Å². The molecule has 1 aliphatic heterocycles. The third kappa shape index (κ3) is 3.55. The predicted molar refractivity (Wildman–Crippen MR) is 68.2 cm³/mol. The number of benzene rings is 1. The second-order valence-corrected chi connectivity index (χ2v) is 5.22. The molecule has 1 fully saturated rings. The van der Waals surface area contributed by atoms with Gasteiger partial charge in [-0.05, 0) is 5.56 Å². The molecule has 1 aliphatic rings. The zero-order valence-corrected chi connectivity index (χ0v) is 10.8. The Morgan fingerprint density at radius 1 is 1.22 bits per heavy atom. The molecule has 0 saturated carbocycles. The van der Waals surface area contributed by atoms with Crippen molar-refractivity contribution in [2.45, 2.75) is 13.0 Å². The summed E-state index contributed by atoms with van der Waals surface area (Å²) in [5.74, 6) is -0.782. The van der Waals surface area contributed by atoms with E-state index in [0.29, 0.717) is 0 Å². The van der Waals surface area contributed by atoms with Gasteiger partial charge in [0.1, 0.15) is 19.6 Å². The molecule has 0 amide bonds. The van der Waals surface area contributed by atoms with E-state index in [1.54, 1.807) is 0 Å². The SMILES string of the molecule is C[N+]1(Cc2ccc(CC(=O)O)cc2)CCOCC1. The molecule has 0 aromatic heterocycles. The maximum absolute atomic E-state index is 10.6. The number of rotatable bonds is 4. The molecule has 1 saturated heterocycles. The Kier molecular flexibility index (Phi) is 3.99.